The van der Waals surface area contributed by atoms with Gasteiger partial charge < -0.3 is 24.0 Å². The third-order valence-corrected chi connectivity index (χ3v) is 12.8. The largest absolute Gasteiger partial charge is 0.492 e. The summed E-state index contributed by atoms with van der Waals surface area (Å²) in [6.07, 6.45) is 3.53. The molecule has 5 rings (SSSR count). The molecule has 180 valence electrons. The van der Waals surface area contributed by atoms with E-state index in [1.54, 1.807) is 15.9 Å². The summed E-state index contributed by atoms with van der Waals surface area (Å²) < 4.78 is 20.6. The molecule has 1 aliphatic carbocycles. The van der Waals surface area contributed by atoms with Crippen LogP contribution in [0.2, 0.25) is 0 Å². The Morgan fingerprint density at radius 3 is 2.97 bits per heavy atom. The molecule has 0 amide bonds. The van der Waals surface area contributed by atoms with Gasteiger partial charge >= 0.3 is 0 Å². The molecule has 2 aliphatic heterocycles. The molecule has 33 heavy (non-hydrogen) atoms. The van der Waals surface area contributed by atoms with Crippen molar-refractivity contribution in [2.75, 3.05) is 0 Å². The third-order valence-electron chi connectivity index (χ3n) is 7.02. The monoisotopic (exact) mass is 512 g/mol. The van der Waals surface area contributed by atoms with Crippen LogP contribution in [0.15, 0.2) is 24.8 Å². The Morgan fingerprint density at radius 2 is 2.24 bits per heavy atom. The van der Waals surface area contributed by atoms with Gasteiger partial charge in [0.15, 0.2) is 17.4 Å². The lowest BCUT2D eigenvalue weighted by atomic mass is 9.77. The van der Waals surface area contributed by atoms with Gasteiger partial charge in [0, 0.05) is 4.75 Å². The van der Waals surface area contributed by atoms with Gasteiger partial charge in [-0.05, 0) is 57.3 Å². The van der Waals surface area contributed by atoms with Crippen LogP contribution in [0.4, 0.5) is 0 Å². The minimum atomic E-state index is -2.70. The van der Waals surface area contributed by atoms with Crippen molar-refractivity contribution in [1.82, 2.24) is 19.5 Å². The van der Waals surface area contributed by atoms with Crippen LogP contribution in [-0.4, -0.2) is 58.9 Å². The molecule has 12 heteroatoms. The molecule has 2 N–H and O–H groups in total. The standard InChI is InChI=1S/C21H29N4O5PS2/c1-5-13-17(16(26)20(28-13)25-10-24-15-18(25)22-9-23-19(15)27)30-31(32)29-14-8-12(11(2)3)6-7-21(14,4)33-31/h9-10,12-14,16-17,20,26H,2,5-8H2,1,3-4H3,(H,22,23,27)/t12-,13-,14+,16-,17-,20-,21+,31-/m1/s1. The molecular weight excluding hydrogens is 483 g/mol. The Kier molecular flexibility index (Phi) is 6.13. The first-order valence-electron chi connectivity index (χ1n) is 11.2. The van der Waals surface area contributed by atoms with Gasteiger partial charge in [0.1, 0.15) is 18.5 Å². The second-order valence-electron chi connectivity index (χ2n) is 9.32. The Labute approximate surface area is 201 Å². The lowest BCUT2D eigenvalue weighted by Crippen LogP contribution is -2.39. The fraction of sp³-hybridized carbons (Fsp3) is 0.667. The topological polar surface area (TPSA) is 112 Å². The Morgan fingerprint density at radius 1 is 1.45 bits per heavy atom. The number of imidazole rings is 1. The molecule has 3 aliphatic rings. The van der Waals surface area contributed by atoms with Crippen LogP contribution in [0.5, 0.6) is 5.88 Å². The molecule has 0 aromatic carbocycles. The average Bonchev–Trinajstić information content (AvgIpc) is 3.39. The summed E-state index contributed by atoms with van der Waals surface area (Å²) in [5, 5.41) is 21.2. The van der Waals surface area contributed by atoms with Crippen molar-refractivity contribution in [3.63, 3.8) is 0 Å². The first-order valence-corrected chi connectivity index (χ1v) is 15.2. The number of aliphatic hydroxyl groups excluding tert-OH is 1. The minimum absolute atomic E-state index is 0.0105. The number of allylic oxidation sites excluding steroid dienone is 1. The minimum Gasteiger partial charge on any atom is -0.492 e. The van der Waals surface area contributed by atoms with Crippen molar-refractivity contribution in [2.45, 2.75) is 81.8 Å². The molecular formula is C21H29N4O5PS2. The maximum Gasteiger partial charge on any atom is 0.248 e. The zero-order chi connectivity index (χ0) is 23.5. The smallest absolute Gasteiger partial charge is 0.248 e. The Balaban J connectivity index is 1.37. The van der Waals surface area contributed by atoms with E-state index < -0.39 is 24.1 Å². The first kappa shape index (κ1) is 23.7. The van der Waals surface area contributed by atoms with E-state index in [1.165, 1.54) is 18.2 Å². The van der Waals surface area contributed by atoms with E-state index in [9.17, 15) is 10.2 Å². The van der Waals surface area contributed by atoms with Gasteiger partial charge in [-0.3, -0.25) is 4.57 Å². The van der Waals surface area contributed by atoms with Crippen LogP contribution in [0.25, 0.3) is 11.2 Å². The summed E-state index contributed by atoms with van der Waals surface area (Å²) >= 11 is 7.58. The Bertz CT molecular complexity index is 1130. The van der Waals surface area contributed by atoms with Crippen LogP contribution < -0.4 is 0 Å². The maximum atomic E-state index is 11.3. The van der Waals surface area contributed by atoms with E-state index in [-0.39, 0.29) is 28.4 Å². The molecule has 1 saturated carbocycles. The highest BCUT2D eigenvalue weighted by Gasteiger charge is 2.56. The molecule has 3 fully saturated rings. The maximum absolute atomic E-state index is 11.3. The number of nitrogens with zero attached hydrogens (tertiary/aromatic N) is 4. The fourth-order valence-electron chi connectivity index (χ4n) is 5.02. The molecule has 0 unspecified atom stereocenters. The number of hydrogen-bond acceptors (Lipinski definition) is 10. The number of fused-ring (bicyclic) bond motifs is 2. The van der Waals surface area contributed by atoms with E-state index in [2.05, 4.69) is 35.4 Å². The molecule has 0 bridgehead atoms. The lowest BCUT2D eigenvalue weighted by Gasteiger charge is -2.37. The summed E-state index contributed by atoms with van der Waals surface area (Å²) in [7, 11) is 0. The van der Waals surface area contributed by atoms with Crippen LogP contribution in [0, 0.1) is 5.92 Å². The number of ether oxygens (including phenoxy) is 1. The molecule has 2 aromatic rings. The number of aromatic nitrogens is 4. The van der Waals surface area contributed by atoms with Crippen molar-refractivity contribution in [3.8, 4) is 5.88 Å². The average molecular weight is 513 g/mol. The Hall–Kier alpha value is -1.07. The number of rotatable bonds is 5. The van der Waals surface area contributed by atoms with E-state index in [0.717, 1.165) is 19.3 Å². The van der Waals surface area contributed by atoms with E-state index in [1.807, 2.05) is 6.92 Å². The molecule has 8 atom stereocenters. The normalized spacial score (nSPS) is 40.8. The molecule has 2 aromatic heterocycles. The summed E-state index contributed by atoms with van der Waals surface area (Å²) in [5.74, 6) is 0.215. The zero-order valence-electron chi connectivity index (χ0n) is 18.8. The second kappa shape index (κ2) is 8.55. The summed E-state index contributed by atoms with van der Waals surface area (Å²) in [6.45, 7) is 10.4. The van der Waals surface area contributed by atoms with Crippen molar-refractivity contribution in [3.05, 3.63) is 24.8 Å². The van der Waals surface area contributed by atoms with Crippen LogP contribution in [0.1, 0.15) is 52.7 Å². The van der Waals surface area contributed by atoms with Gasteiger partial charge in [0.25, 0.3) is 0 Å². The summed E-state index contributed by atoms with van der Waals surface area (Å²) in [5.41, 5.74) is -0.898. The van der Waals surface area contributed by atoms with Gasteiger partial charge in [-0.1, -0.05) is 30.5 Å². The van der Waals surface area contributed by atoms with Crippen molar-refractivity contribution in [1.29, 1.82) is 0 Å². The van der Waals surface area contributed by atoms with Gasteiger partial charge in [-0.15, -0.1) is 0 Å². The quantitative estimate of drug-likeness (QED) is 0.449. The van der Waals surface area contributed by atoms with Gasteiger partial charge in [0.05, 0.1) is 18.5 Å². The van der Waals surface area contributed by atoms with Crippen molar-refractivity contribution >= 4 is 40.0 Å². The first-order chi connectivity index (χ1) is 15.6. The number of aliphatic hydroxyl groups is 1. The molecule has 4 heterocycles. The predicted octanol–water partition coefficient (Wildman–Crippen LogP) is 4.08. The SMILES string of the molecule is C=C(C)[C@@H]1CC[C@]2(C)S[P@@](=S)(O[C@H]3[C@@H](O)[C@H](n4cnc5c(O)ncnc54)O[C@@H]3CC)O[C@H]2C1. The van der Waals surface area contributed by atoms with Gasteiger partial charge in [0.2, 0.25) is 11.6 Å². The summed E-state index contributed by atoms with van der Waals surface area (Å²) in [6, 6.07) is 0. The molecule has 0 radical (unpaired) electrons. The number of hydrogen-bond donors (Lipinski definition) is 2. The second-order valence-corrected chi connectivity index (χ2v) is 15.9. The summed E-state index contributed by atoms with van der Waals surface area (Å²) in [4.78, 5) is 12.1. The highest BCUT2D eigenvalue weighted by atomic mass is 32.9. The molecule has 0 spiro atoms. The number of aromatic hydroxyl groups is 1. The predicted molar refractivity (Wildman–Crippen MR) is 129 cm³/mol. The highest BCUT2D eigenvalue weighted by molar-refractivity contribution is 8.68. The van der Waals surface area contributed by atoms with Crippen molar-refractivity contribution < 1.29 is 24.0 Å². The molecule has 9 nitrogen and oxygen atoms in total. The van der Waals surface area contributed by atoms with Crippen LogP contribution >= 0.6 is 17.1 Å². The van der Waals surface area contributed by atoms with Gasteiger partial charge in [-0.2, -0.15) is 4.98 Å². The van der Waals surface area contributed by atoms with E-state index in [0.29, 0.717) is 18.0 Å². The van der Waals surface area contributed by atoms with E-state index in [4.69, 9.17) is 25.6 Å². The van der Waals surface area contributed by atoms with Gasteiger partial charge in [-0.25, -0.2) is 9.97 Å². The third kappa shape index (κ3) is 4.05. The van der Waals surface area contributed by atoms with E-state index >= 15 is 0 Å². The highest BCUT2D eigenvalue weighted by Crippen LogP contribution is 2.76. The zero-order valence-corrected chi connectivity index (χ0v) is 21.4. The lowest BCUT2D eigenvalue weighted by molar-refractivity contribution is -0.0355. The van der Waals surface area contributed by atoms with Crippen LogP contribution in [-0.2, 0) is 25.6 Å². The fourth-order valence-corrected chi connectivity index (χ4v) is 12.6. The van der Waals surface area contributed by atoms with Crippen LogP contribution in [0.3, 0.4) is 0 Å². The van der Waals surface area contributed by atoms with Crippen molar-refractivity contribution in [2.24, 2.45) is 5.92 Å². The molecule has 2 saturated heterocycles.